The number of amides is 1. The van der Waals surface area contributed by atoms with Crippen LogP contribution in [0.15, 0.2) is 18.2 Å². The lowest BCUT2D eigenvalue weighted by Crippen LogP contribution is -2.46. The number of nitro groups is 1. The summed E-state index contributed by atoms with van der Waals surface area (Å²) in [6.45, 7) is 4.82. The third-order valence-corrected chi connectivity index (χ3v) is 6.74. The molecule has 3 fully saturated rings. The highest BCUT2D eigenvalue weighted by molar-refractivity contribution is 5.79. The zero-order valence-corrected chi connectivity index (χ0v) is 17.4. The summed E-state index contributed by atoms with van der Waals surface area (Å²) in [6.07, 6.45) is -1.14. The molecule has 170 valence electrons. The van der Waals surface area contributed by atoms with E-state index in [9.17, 15) is 28.1 Å². The number of rotatable bonds is 5. The fourth-order valence-corrected chi connectivity index (χ4v) is 4.73. The van der Waals surface area contributed by atoms with Gasteiger partial charge in [-0.2, -0.15) is 13.2 Å². The Hall–Kier alpha value is -2.36. The number of nitro benzene ring substituents is 1. The number of hydrogen-bond donors (Lipinski definition) is 1. The summed E-state index contributed by atoms with van der Waals surface area (Å²) in [5, 5.41) is 14.5. The van der Waals surface area contributed by atoms with Crippen LogP contribution in [0.25, 0.3) is 0 Å². The molecule has 2 saturated heterocycles. The fraction of sp³-hybridized carbons (Fsp3) is 0.667. The van der Waals surface area contributed by atoms with Crippen LogP contribution in [-0.2, 0) is 11.0 Å². The Kier molecular flexibility index (Phi) is 5.85. The van der Waals surface area contributed by atoms with Crippen LogP contribution in [-0.4, -0.2) is 54.0 Å². The Labute approximate surface area is 178 Å². The predicted molar refractivity (Wildman–Crippen MR) is 109 cm³/mol. The number of hydrogen-bond acceptors (Lipinski definition) is 5. The van der Waals surface area contributed by atoms with E-state index in [0.717, 1.165) is 25.2 Å². The number of likely N-dealkylation sites (tertiary alicyclic amines) is 1. The first-order valence-electron chi connectivity index (χ1n) is 10.8. The third kappa shape index (κ3) is 4.78. The molecule has 1 aromatic rings. The molecule has 1 amide bonds. The second-order valence-electron chi connectivity index (χ2n) is 9.00. The molecule has 1 N–H and O–H groups in total. The van der Waals surface area contributed by atoms with Gasteiger partial charge in [-0.15, -0.1) is 0 Å². The van der Waals surface area contributed by atoms with E-state index in [0.29, 0.717) is 44.0 Å². The van der Waals surface area contributed by atoms with E-state index in [-0.39, 0.29) is 23.6 Å². The lowest BCUT2D eigenvalue weighted by Gasteiger charge is -2.33. The monoisotopic (exact) mass is 440 g/mol. The largest absolute Gasteiger partial charge is 0.416 e. The van der Waals surface area contributed by atoms with E-state index in [1.54, 1.807) is 4.90 Å². The lowest BCUT2D eigenvalue weighted by atomic mass is 9.94. The SMILES string of the molecule is CC1CN(C2CC2)CC1NC(=O)C1CCN(c2ccc(C(F)(F)F)cc2[N+](=O)[O-])CC1. The standard InChI is InChI=1S/C21H27F3N4O3/c1-13-11-27(16-3-4-16)12-17(13)25-20(29)14-6-8-26(9-7-14)18-5-2-15(21(22,23)24)10-19(18)28(30)31/h2,5,10,13-14,16-17H,3-4,6-9,11-12H2,1H3,(H,25,29). The highest BCUT2D eigenvalue weighted by Gasteiger charge is 2.40. The molecular weight excluding hydrogens is 413 g/mol. The quantitative estimate of drug-likeness (QED) is 0.561. The maximum atomic E-state index is 12.9. The number of halogens is 3. The van der Waals surface area contributed by atoms with Crippen molar-refractivity contribution >= 4 is 17.3 Å². The minimum atomic E-state index is -4.64. The molecule has 4 rings (SSSR count). The number of anilines is 1. The van der Waals surface area contributed by atoms with E-state index in [1.807, 2.05) is 0 Å². The molecule has 31 heavy (non-hydrogen) atoms. The maximum absolute atomic E-state index is 12.9. The number of nitrogens with one attached hydrogen (secondary N) is 1. The first-order valence-corrected chi connectivity index (χ1v) is 10.8. The number of benzene rings is 1. The average Bonchev–Trinajstić information content (AvgIpc) is 3.51. The van der Waals surface area contributed by atoms with Gasteiger partial charge >= 0.3 is 6.18 Å². The molecule has 1 aromatic carbocycles. The fourth-order valence-electron chi connectivity index (χ4n) is 4.73. The van der Waals surface area contributed by atoms with E-state index in [1.165, 1.54) is 12.8 Å². The highest BCUT2D eigenvalue weighted by atomic mass is 19.4. The molecule has 2 aliphatic heterocycles. The van der Waals surface area contributed by atoms with Gasteiger partial charge in [-0.25, -0.2) is 0 Å². The number of nitrogens with zero attached hydrogens (tertiary/aromatic N) is 3. The van der Waals surface area contributed by atoms with Crippen LogP contribution in [0.2, 0.25) is 0 Å². The third-order valence-electron chi connectivity index (χ3n) is 6.74. The summed E-state index contributed by atoms with van der Waals surface area (Å²) in [5.41, 5.74) is -1.43. The average molecular weight is 440 g/mol. The van der Waals surface area contributed by atoms with Gasteiger partial charge in [-0.3, -0.25) is 19.8 Å². The summed E-state index contributed by atoms with van der Waals surface area (Å²) in [5.74, 6) is 0.224. The zero-order valence-electron chi connectivity index (χ0n) is 17.4. The number of piperidine rings is 1. The van der Waals surface area contributed by atoms with Crippen LogP contribution in [0.1, 0.15) is 38.2 Å². The molecule has 7 nitrogen and oxygen atoms in total. The van der Waals surface area contributed by atoms with Gasteiger partial charge in [0.15, 0.2) is 0 Å². The molecule has 1 saturated carbocycles. The van der Waals surface area contributed by atoms with E-state index in [4.69, 9.17) is 0 Å². The van der Waals surface area contributed by atoms with Crippen molar-refractivity contribution in [3.63, 3.8) is 0 Å². The van der Waals surface area contributed by atoms with Crippen molar-refractivity contribution < 1.29 is 22.9 Å². The first-order chi connectivity index (χ1) is 14.6. The van der Waals surface area contributed by atoms with Crippen molar-refractivity contribution in [1.29, 1.82) is 0 Å². The van der Waals surface area contributed by atoms with Crippen LogP contribution in [0, 0.1) is 22.0 Å². The smallest absolute Gasteiger partial charge is 0.366 e. The van der Waals surface area contributed by atoms with Gasteiger partial charge in [0.1, 0.15) is 5.69 Å². The normalized spacial score (nSPS) is 25.6. The molecule has 2 atom stereocenters. The zero-order chi connectivity index (χ0) is 22.3. The van der Waals surface area contributed by atoms with E-state index >= 15 is 0 Å². The van der Waals surface area contributed by atoms with Crippen LogP contribution in [0.4, 0.5) is 24.5 Å². The molecule has 1 aliphatic carbocycles. The minimum Gasteiger partial charge on any atom is -0.366 e. The molecule has 10 heteroatoms. The molecule has 3 aliphatic rings. The second kappa shape index (κ2) is 8.29. The van der Waals surface area contributed by atoms with E-state index < -0.39 is 22.4 Å². The Balaban J connectivity index is 1.36. The Morgan fingerprint density at radius 3 is 2.42 bits per heavy atom. The summed E-state index contributed by atoms with van der Waals surface area (Å²) >= 11 is 0. The van der Waals surface area contributed by atoms with E-state index in [2.05, 4.69) is 17.1 Å². The van der Waals surface area contributed by atoms with Crippen LogP contribution < -0.4 is 10.2 Å². The maximum Gasteiger partial charge on any atom is 0.416 e. The van der Waals surface area contributed by atoms with Gasteiger partial charge in [-0.1, -0.05) is 6.92 Å². The van der Waals surface area contributed by atoms with Crippen molar-refractivity contribution in [3.05, 3.63) is 33.9 Å². The van der Waals surface area contributed by atoms with Crippen LogP contribution in [0.5, 0.6) is 0 Å². The van der Waals surface area contributed by atoms with Crippen molar-refractivity contribution in [2.45, 2.75) is 50.9 Å². The molecule has 2 heterocycles. The molecule has 0 radical (unpaired) electrons. The summed E-state index contributed by atoms with van der Waals surface area (Å²) in [7, 11) is 0. The van der Waals surface area contributed by atoms with Crippen molar-refractivity contribution in [2.24, 2.45) is 11.8 Å². The topological polar surface area (TPSA) is 78.7 Å². The first kappa shape index (κ1) is 21.9. The molecule has 0 bridgehead atoms. The highest BCUT2D eigenvalue weighted by Crippen LogP contribution is 2.38. The second-order valence-corrected chi connectivity index (χ2v) is 9.00. The minimum absolute atomic E-state index is 0.0102. The van der Waals surface area contributed by atoms with Crippen molar-refractivity contribution in [3.8, 4) is 0 Å². The molecule has 0 aromatic heterocycles. The lowest BCUT2D eigenvalue weighted by molar-refractivity contribution is -0.384. The van der Waals surface area contributed by atoms with Crippen molar-refractivity contribution in [2.75, 3.05) is 31.1 Å². The predicted octanol–water partition coefficient (Wildman–Crippen LogP) is 3.43. The van der Waals surface area contributed by atoms with Crippen LogP contribution in [0.3, 0.4) is 0 Å². The van der Waals surface area contributed by atoms with Crippen molar-refractivity contribution in [1.82, 2.24) is 10.2 Å². The summed E-state index contributed by atoms with van der Waals surface area (Å²) in [4.78, 5) is 27.5. The van der Waals surface area contributed by atoms with Gasteiger partial charge in [0.05, 0.1) is 10.5 Å². The van der Waals surface area contributed by atoms with Gasteiger partial charge < -0.3 is 10.2 Å². The summed E-state index contributed by atoms with van der Waals surface area (Å²) in [6, 6.07) is 3.43. The Morgan fingerprint density at radius 1 is 1.16 bits per heavy atom. The van der Waals surface area contributed by atoms with Gasteiger partial charge in [0.2, 0.25) is 5.91 Å². The molecule has 0 spiro atoms. The van der Waals surface area contributed by atoms with Gasteiger partial charge in [-0.05, 0) is 43.7 Å². The molecule has 2 unspecified atom stereocenters. The van der Waals surface area contributed by atoms with Gasteiger partial charge in [0.25, 0.3) is 5.69 Å². The van der Waals surface area contributed by atoms with Gasteiger partial charge in [0, 0.05) is 50.2 Å². The molecular formula is C21H27F3N4O3. The number of carbonyl (C=O) groups is 1. The Morgan fingerprint density at radius 2 is 1.84 bits per heavy atom. The number of carbonyl (C=O) groups excluding carboxylic acids is 1. The summed E-state index contributed by atoms with van der Waals surface area (Å²) < 4.78 is 38.8. The number of alkyl halides is 3. The Bertz CT molecular complexity index is 851. The van der Waals surface area contributed by atoms with Crippen LogP contribution >= 0.6 is 0 Å².